The van der Waals surface area contributed by atoms with Crippen molar-refractivity contribution >= 4 is 17.7 Å². The van der Waals surface area contributed by atoms with Gasteiger partial charge in [0.05, 0.1) is 18.9 Å². The molecule has 2 amide bonds. The van der Waals surface area contributed by atoms with E-state index in [2.05, 4.69) is 67.4 Å². The van der Waals surface area contributed by atoms with E-state index in [1.54, 1.807) is 7.11 Å². The van der Waals surface area contributed by atoms with Gasteiger partial charge in [0.15, 0.2) is 0 Å². The number of nitriles is 1. The quantitative estimate of drug-likeness (QED) is 0.234. The lowest BCUT2D eigenvalue weighted by Crippen LogP contribution is -2.48. The second-order valence-corrected chi connectivity index (χ2v) is 14.7. The first kappa shape index (κ1) is 35.5. The molecular formula is C40H52N6O4. The average molecular weight is 681 g/mol. The Bertz CT molecular complexity index is 1660. The molecule has 10 heteroatoms. The van der Waals surface area contributed by atoms with Crippen LogP contribution in [0.3, 0.4) is 0 Å². The monoisotopic (exact) mass is 680 g/mol. The first-order chi connectivity index (χ1) is 24.2. The molecule has 3 fully saturated rings. The third-order valence-corrected chi connectivity index (χ3v) is 11.0. The van der Waals surface area contributed by atoms with Crippen LogP contribution < -0.4 is 9.64 Å². The zero-order valence-electron chi connectivity index (χ0n) is 30.1. The number of carbonyl (C=O) groups is 2. The van der Waals surface area contributed by atoms with Crippen molar-refractivity contribution in [2.24, 2.45) is 11.8 Å². The van der Waals surface area contributed by atoms with Gasteiger partial charge in [-0.05, 0) is 119 Å². The molecule has 2 heterocycles. The van der Waals surface area contributed by atoms with Gasteiger partial charge < -0.3 is 24.2 Å². The van der Waals surface area contributed by atoms with E-state index in [-0.39, 0.29) is 30.1 Å². The van der Waals surface area contributed by atoms with E-state index in [0.29, 0.717) is 68.5 Å². The van der Waals surface area contributed by atoms with E-state index in [4.69, 9.17) is 9.47 Å². The van der Waals surface area contributed by atoms with Gasteiger partial charge in [-0.1, -0.05) is 18.2 Å². The highest BCUT2D eigenvalue weighted by Crippen LogP contribution is 2.39. The van der Waals surface area contributed by atoms with E-state index in [1.807, 2.05) is 38.9 Å². The van der Waals surface area contributed by atoms with Gasteiger partial charge in [0.25, 0.3) is 0 Å². The number of hydrogen-bond donors (Lipinski definition) is 0. The van der Waals surface area contributed by atoms with Crippen LogP contribution >= 0.6 is 0 Å². The lowest BCUT2D eigenvalue weighted by atomic mass is 9.78. The van der Waals surface area contributed by atoms with Crippen LogP contribution in [-0.4, -0.2) is 84.6 Å². The number of ether oxygens (including phenoxy) is 2. The molecule has 2 aromatic carbocycles. The van der Waals surface area contributed by atoms with Gasteiger partial charge >= 0.3 is 6.09 Å². The number of benzene rings is 2. The van der Waals surface area contributed by atoms with E-state index in [1.165, 1.54) is 5.56 Å². The summed E-state index contributed by atoms with van der Waals surface area (Å²) in [7, 11) is 3.67. The number of piperazine rings is 1. The lowest BCUT2D eigenvalue weighted by molar-refractivity contribution is -0.124. The van der Waals surface area contributed by atoms with Gasteiger partial charge in [-0.2, -0.15) is 10.4 Å². The van der Waals surface area contributed by atoms with Gasteiger partial charge in [-0.15, -0.1) is 0 Å². The molecule has 10 nitrogen and oxygen atoms in total. The van der Waals surface area contributed by atoms with E-state index >= 15 is 0 Å². The minimum absolute atomic E-state index is 0.110. The molecular weight excluding hydrogens is 628 g/mol. The molecule has 1 saturated heterocycles. The first-order valence-corrected chi connectivity index (χ1v) is 18.4. The zero-order valence-corrected chi connectivity index (χ0v) is 30.1. The molecule has 6 rings (SSSR count). The Hall–Kier alpha value is -4.36. The smallest absolute Gasteiger partial charge is 0.410 e. The topological polar surface area (TPSA) is 104 Å². The normalized spacial score (nSPS) is 22.9. The van der Waals surface area contributed by atoms with E-state index in [9.17, 15) is 14.9 Å². The number of nitrogens with zero attached hydrogens (tertiary/aromatic N) is 6. The minimum Gasteiger partial charge on any atom is -0.495 e. The number of carbonyl (C=O) groups excluding carboxylic acids is 2. The average Bonchev–Trinajstić information content (AvgIpc) is 3.65. The molecule has 50 heavy (non-hydrogen) atoms. The van der Waals surface area contributed by atoms with Gasteiger partial charge in [0.2, 0.25) is 5.91 Å². The summed E-state index contributed by atoms with van der Waals surface area (Å²) in [5.41, 5.74) is 4.76. The summed E-state index contributed by atoms with van der Waals surface area (Å²) in [5, 5.41) is 14.2. The highest BCUT2D eigenvalue weighted by molar-refractivity contribution is 5.95. The number of likely N-dealkylation sites (N-methyl/N-ethyl adjacent to an activating group) is 1. The summed E-state index contributed by atoms with van der Waals surface area (Å²) in [6.45, 7) is 8.00. The van der Waals surface area contributed by atoms with Crippen molar-refractivity contribution in [3.8, 4) is 22.9 Å². The third kappa shape index (κ3) is 8.32. The summed E-state index contributed by atoms with van der Waals surface area (Å²) in [4.78, 5) is 33.4. The van der Waals surface area contributed by atoms with Crippen molar-refractivity contribution in [2.75, 3.05) is 51.8 Å². The van der Waals surface area contributed by atoms with Gasteiger partial charge in [-0.25, -0.2) is 4.79 Å². The van der Waals surface area contributed by atoms with Crippen molar-refractivity contribution in [1.82, 2.24) is 19.6 Å². The van der Waals surface area contributed by atoms with Crippen molar-refractivity contribution < 1.29 is 19.1 Å². The van der Waals surface area contributed by atoms with Crippen LogP contribution in [0.15, 0.2) is 54.9 Å². The maximum Gasteiger partial charge on any atom is 0.410 e. The maximum absolute atomic E-state index is 14.5. The minimum atomic E-state index is -0.221. The first-order valence-electron chi connectivity index (χ1n) is 18.4. The third-order valence-electron chi connectivity index (χ3n) is 11.0. The highest BCUT2D eigenvalue weighted by atomic mass is 16.6. The van der Waals surface area contributed by atoms with Gasteiger partial charge in [0, 0.05) is 62.1 Å². The Morgan fingerprint density at radius 1 is 0.960 bits per heavy atom. The molecule has 2 aliphatic carbocycles. The summed E-state index contributed by atoms with van der Waals surface area (Å²) < 4.78 is 13.3. The Kier molecular flexibility index (Phi) is 11.4. The van der Waals surface area contributed by atoms with E-state index < -0.39 is 0 Å². The summed E-state index contributed by atoms with van der Waals surface area (Å²) in [6, 6.07) is 16.8. The Morgan fingerprint density at radius 3 is 2.36 bits per heavy atom. The largest absolute Gasteiger partial charge is 0.495 e. The number of methoxy groups -OCH3 is 1. The molecule has 1 aliphatic heterocycles. The molecule has 0 radical (unpaired) electrons. The fourth-order valence-corrected chi connectivity index (χ4v) is 7.80. The summed E-state index contributed by atoms with van der Waals surface area (Å²) >= 11 is 0. The molecule has 0 atom stereocenters. The number of amides is 2. The Labute approximate surface area is 296 Å². The SMILES string of the molecule is COc1ccc([C@H]2CC[C@H](CN(c3cccc(-c4cnn(C(C)C)c4)c3)C(=O)[C@H]3CC[C@H](OC(=O)N4CCN(C)CC4)CC3)CC2)cc1C#N. The second kappa shape index (κ2) is 16.1. The molecule has 2 saturated carbocycles. The predicted molar refractivity (Wildman–Crippen MR) is 194 cm³/mol. The van der Waals surface area contributed by atoms with Crippen molar-refractivity contribution in [3.63, 3.8) is 0 Å². The fourth-order valence-electron chi connectivity index (χ4n) is 7.80. The summed E-state index contributed by atoms with van der Waals surface area (Å²) in [5.74, 6) is 1.43. The zero-order chi connectivity index (χ0) is 35.2. The highest BCUT2D eigenvalue weighted by Gasteiger charge is 2.34. The molecule has 0 bridgehead atoms. The van der Waals surface area contributed by atoms with E-state index in [0.717, 1.165) is 55.6 Å². The van der Waals surface area contributed by atoms with Crippen LogP contribution in [-0.2, 0) is 9.53 Å². The van der Waals surface area contributed by atoms with Crippen LogP contribution in [0.5, 0.6) is 5.75 Å². The molecule has 0 unspecified atom stereocenters. The van der Waals surface area contributed by atoms with Crippen molar-refractivity contribution in [2.45, 2.75) is 83.3 Å². The van der Waals surface area contributed by atoms with Crippen LogP contribution in [0, 0.1) is 23.2 Å². The van der Waals surface area contributed by atoms with Crippen LogP contribution in [0.1, 0.15) is 88.3 Å². The predicted octanol–water partition coefficient (Wildman–Crippen LogP) is 7.26. The second-order valence-electron chi connectivity index (χ2n) is 14.7. The number of hydrogen-bond acceptors (Lipinski definition) is 7. The Morgan fingerprint density at radius 2 is 1.70 bits per heavy atom. The standard InChI is InChI=1S/C40H52N6O4/c1-28(2)46-27-35(25-42-46)32-6-5-7-36(23-32)45(26-29-8-10-30(11-9-29)33-14-17-38(49-4)34(22-33)24-41)39(47)31-12-15-37(16-13-31)50-40(48)44-20-18-43(3)19-21-44/h5-7,14,17,22-23,25,27-31,37H,8-13,15-16,18-21,26H2,1-4H3/t29-,30-,31-,37-. The summed E-state index contributed by atoms with van der Waals surface area (Å²) in [6.07, 6.45) is 10.5. The van der Waals surface area contributed by atoms with Crippen LogP contribution in [0.4, 0.5) is 10.5 Å². The van der Waals surface area contributed by atoms with Gasteiger partial charge in [-0.3, -0.25) is 9.48 Å². The Balaban J connectivity index is 1.14. The molecule has 266 valence electrons. The molecule has 1 aromatic heterocycles. The van der Waals surface area contributed by atoms with Crippen LogP contribution in [0.2, 0.25) is 0 Å². The number of rotatable bonds is 9. The van der Waals surface area contributed by atoms with Crippen molar-refractivity contribution in [1.29, 1.82) is 5.26 Å². The molecule has 3 aromatic rings. The molecule has 0 N–H and O–H groups in total. The van der Waals surface area contributed by atoms with Gasteiger partial charge in [0.1, 0.15) is 17.9 Å². The molecule has 0 spiro atoms. The maximum atomic E-state index is 14.5. The van der Waals surface area contributed by atoms with Crippen molar-refractivity contribution in [3.05, 3.63) is 66.0 Å². The number of aromatic nitrogens is 2. The molecule has 3 aliphatic rings. The lowest BCUT2D eigenvalue weighted by Gasteiger charge is -2.37. The number of anilines is 1. The fraction of sp³-hybridized carbons (Fsp3) is 0.550. The van der Waals surface area contributed by atoms with Crippen LogP contribution in [0.25, 0.3) is 11.1 Å².